The maximum absolute atomic E-state index is 13.8. The number of aromatic nitrogens is 2. The third kappa shape index (κ3) is 4.67. The van der Waals surface area contributed by atoms with Gasteiger partial charge in [-0.15, -0.1) is 0 Å². The van der Waals surface area contributed by atoms with Gasteiger partial charge in [0.25, 0.3) is 0 Å². The number of hydrogen-bond acceptors (Lipinski definition) is 4. The van der Waals surface area contributed by atoms with Crippen molar-refractivity contribution in [2.45, 2.75) is 13.3 Å². The maximum atomic E-state index is 13.8. The van der Waals surface area contributed by atoms with Gasteiger partial charge in [0.1, 0.15) is 34.8 Å². The van der Waals surface area contributed by atoms with Crippen molar-refractivity contribution < 1.29 is 8.78 Å². The van der Waals surface area contributed by atoms with Crippen molar-refractivity contribution in [3.05, 3.63) is 76.6 Å². The van der Waals surface area contributed by atoms with Crippen LogP contribution in [0.3, 0.4) is 0 Å². The van der Waals surface area contributed by atoms with Crippen LogP contribution in [0.1, 0.15) is 11.4 Å². The molecule has 1 heterocycles. The van der Waals surface area contributed by atoms with Crippen LogP contribution >= 0.6 is 11.6 Å². The van der Waals surface area contributed by atoms with E-state index < -0.39 is 11.6 Å². The van der Waals surface area contributed by atoms with E-state index in [-0.39, 0.29) is 5.69 Å². The summed E-state index contributed by atoms with van der Waals surface area (Å²) in [7, 11) is 0. The molecule has 0 radical (unpaired) electrons. The molecule has 0 atom stereocenters. The zero-order valence-electron chi connectivity index (χ0n) is 14.1. The number of halogens is 3. The maximum Gasteiger partial charge on any atom is 0.149 e. The van der Waals surface area contributed by atoms with E-state index in [0.717, 1.165) is 12.0 Å². The Labute approximate surface area is 155 Å². The first-order valence-corrected chi connectivity index (χ1v) is 8.44. The average molecular weight is 375 g/mol. The highest BCUT2D eigenvalue weighted by Crippen LogP contribution is 2.23. The molecule has 0 aliphatic heterocycles. The number of aryl methyl sites for hydroxylation is 1. The molecule has 0 saturated carbocycles. The lowest BCUT2D eigenvalue weighted by molar-refractivity contribution is 0.590. The van der Waals surface area contributed by atoms with Crippen LogP contribution in [0.2, 0.25) is 5.02 Å². The third-order valence-corrected chi connectivity index (χ3v) is 3.94. The molecule has 26 heavy (non-hydrogen) atoms. The van der Waals surface area contributed by atoms with Gasteiger partial charge in [0.05, 0.1) is 0 Å². The molecule has 134 valence electrons. The minimum Gasteiger partial charge on any atom is -0.370 e. The van der Waals surface area contributed by atoms with Crippen LogP contribution in [-0.2, 0) is 6.42 Å². The number of benzene rings is 2. The van der Waals surface area contributed by atoms with Gasteiger partial charge in [-0.1, -0.05) is 29.8 Å². The number of hydrogen-bond donors (Lipinski definition) is 2. The Hall–Kier alpha value is -2.73. The monoisotopic (exact) mass is 374 g/mol. The number of rotatable bonds is 6. The lowest BCUT2D eigenvalue weighted by Crippen LogP contribution is -2.09. The quantitative estimate of drug-likeness (QED) is 0.629. The first-order valence-electron chi connectivity index (χ1n) is 8.06. The minimum atomic E-state index is -0.682. The van der Waals surface area contributed by atoms with Gasteiger partial charge in [-0.3, -0.25) is 0 Å². The Morgan fingerprint density at radius 2 is 1.62 bits per heavy atom. The zero-order valence-corrected chi connectivity index (χ0v) is 14.8. The van der Waals surface area contributed by atoms with Crippen LogP contribution in [0, 0.1) is 18.6 Å². The highest BCUT2D eigenvalue weighted by molar-refractivity contribution is 6.30. The molecule has 0 unspecified atom stereocenters. The van der Waals surface area contributed by atoms with E-state index in [9.17, 15) is 8.78 Å². The summed E-state index contributed by atoms with van der Waals surface area (Å²) in [4.78, 5) is 8.47. The van der Waals surface area contributed by atoms with Gasteiger partial charge in [0.2, 0.25) is 0 Å². The lowest BCUT2D eigenvalue weighted by atomic mass is 10.1. The van der Waals surface area contributed by atoms with Crippen LogP contribution in [0.15, 0.2) is 48.5 Å². The SMILES string of the molecule is Cc1nc(NCCc2ccc(Cl)cc2)cc(Nc2c(F)cccc2F)n1. The van der Waals surface area contributed by atoms with E-state index in [0.29, 0.717) is 29.0 Å². The van der Waals surface area contributed by atoms with Crippen LogP contribution in [-0.4, -0.2) is 16.5 Å². The van der Waals surface area contributed by atoms with E-state index in [1.807, 2.05) is 24.3 Å². The first kappa shape index (κ1) is 18.1. The molecule has 0 aliphatic carbocycles. The summed E-state index contributed by atoms with van der Waals surface area (Å²) in [6, 6.07) is 12.9. The van der Waals surface area contributed by atoms with Gasteiger partial charge in [0.15, 0.2) is 0 Å². The molecule has 2 N–H and O–H groups in total. The average Bonchev–Trinajstić information content (AvgIpc) is 2.60. The molecular weight excluding hydrogens is 358 g/mol. The fourth-order valence-corrected chi connectivity index (χ4v) is 2.58. The van der Waals surface area contributed by atoms with E-state index in [2.05, 4.69) is 20.6 Å². The van der Waals surface area contributed by atoms with Crippen molar-refractivity contribution >= 4 is 28.9 Å². The zero-order chi connectivity index (χ0) is 18.5. The summed E-state index contributed by atoms with van der Waals surface area (Å²) in [6.45, 7) is 2.36. The van der Waals surface area contributed by atoms with E-state index in [1.54, 1.807) is 13.0 Å². The topological polar surface area (TPSA) is 49.8 Å². The highest BCUT2D eigenvalue weighted by atomic mass is 35.5. The van der Waals surface area contributed by atoms with Crippen molar-refractivity contribution in [3.63, 3.8) is 0 Å². The molecular formula is C19H17ClF2N4. The molecule has 0 bridgehead atoms. The van der Waals surface area contributed by atoms with E-state index in [1.165, 1.54) is 18.2 Å². The Balaban J connectivity index is 1.68. The smallest absolute Gasteiger partial charge is 0.149 e. The first-order chi connectivity index (χ1) is 12.5. The van der Waals surface area contributed by atoms with Crippen LogP contribution < -0.4 is 10.6 Å². The summed E-state index contributed by atoms with van der Waals surface area (Å²) in [5.41, 5.74) is 0.900. The van der Waals surface area contributed by atoms with Crippen molar-refractivity contribution in [3.8, 4) is 0 Å². The standard InChI is InChI=1S/C19H17ClF2N4/c1-12-24-17(23-10-9-13-5-7-14(20)8-6-13)11-18(25-12)26-19-15(21)3-2-4-16(19)22/h2-8,11H,9-10H2,1H3,(H2,23,24,25,26). The summed E-state index contributed by atoms with van der Waals surface area (Å²) >= 11 is 5.87. The fraction of sp³-hybridized carbons (Fsp3) is 0.158. The van der Waals surface area contributed by atoms with Crippen LogP contribution in [0.25, 0.3) is 0 Å². The van der Waals surface area contributed by atoms with Crippen molar-refractivity contribution in [1.29, 1.82) is 0 Å². The predicted octanol–water partition coefficient (Wildman–Crippen LogP) is 5.11. The van der Waals surface area contributed by atoms with Crippen LogP contribution in [0.5, 0.6) is 0 Å². The summed E-state index contributed by atoms with van der Waals surface area (Å²) in [6.07, 6.45) is 0.783. The highest BCUT2D eigenvalue weighted by Gasteiger charge is 2.10. The molecule has 4 nitrogen and oxygen atoms in total. The number of para-hydroxylation sites is 1. The summed E-state index contributed by atoms with van der Waals surface area (Å²) in [5, 5.41) is 6.57. The second-order valence-corrected chi connectivity index (χ2v) is 6.15. The van der Waals surface area contributed by atoms with Crippen molar-refractivity contribution in [2.24, 2.45) is 0 Å². The molecule has 0 spiro atoms. The molecule has 7 heteroatoms. The van der Waals surface area contributed by atoms with Crippen LogP contribution in [0.4, 0.5) is 26.1 Å². The number of nitrogens with one attached hydrogen (secondary N) is 2. The Bertz CT molecular complexity index is 880. The third-order valence-electron chi connectivity index (χ3n) is 3.69. The second-order valence-electron chi connectivity index (χ2n) is 5.71. The van der Waals surface area contributed by atoms with E-state index >= 15 is 0 Å². The normalized spacial score (nSPS) is 10.6. The summed E-state index contributed by atoms with van der Waals surface area (Å²) < 4.78 is 27.6. The fourth-order valence-electron chi connectivity index (χ4n) is 2.45. The molecule has 2 aromatic carbocycles. The molecule has 0 aliphatic rings. The largest absolute Gasteiger partial charge is 0.370 e. The predicted molar refractivity (Wildman–Crippen MR) is 100 cm³/mol. The number of nitrogens with zero attached hydrogens (tertiary/aromatic N) is 2. The number of anilines is 3. The van der Waals surface area contributed by atoms with Gasteiger partial charge in [-0.05, 0) is 43.2 Å². The lowest BCUT2D eigenvalue weighted by Gasteiger charge is -2.11. The summed E-state index contributed by atoms with van der Waals surface area (Å²) in [5.74, 6) is 0.0129. The van der Waals surface area contributed by atoms with Gasteiger partial charge < -0.3 is 10.6 Å². The molecule has 0 amide bonds. The van der Waals surface area contributed by atoms with Crippen molar-refractivity contribution in [2.75, 3.05) is 17.2 Å². The second kappa shape index (κ2) is 8.10. The molecule has 3 rings (SSSR count). The molecule has 1 aromatic heterocycles. The minimum absolute atomic E-state index is 0.238. The van der Waals surface area contributed by atoms with Crippen molar-refractivity contribution in [1.82, 2.24) is 9.97 Å². The Morgan fingerprint density at radius 1 is 0.962 bits per heavy atom. The Kier molecular flexibility index (Phi) is 5.63. The Morgan fingerprint density at radius 3 is 2.31 bits per heavy atom. The van der Waals surface area contributed by atoms with Gasteiger partial charge in [-0.25, -0.2) is 18.7 Å². The van der Waals surface area contributed by atoms with E-state index in [4.69, 9.17) is 11.6 Å². The van der Waals surface area contributed by atoms with Gasteiger partial charge in [-0.2, -0.15) is 0 Å². The molecule has 0 saturated heterocycles. The van der Waals surface area contributed by atoms with Gasteiger partial charge in [0, 0.05) is 17.6 Å². The molecule has 0 fully saturated rings. The molecule has 3 aromatic rings. The van der Waals surface area contributed by atoms with Gasteiger partial charge >= 0.3 is 0 Å².